The fourth-order valence-corrected chi connectivity index (χ4v) is 2.54. The highest BCUT2D eigenvalue weighted by molar-refractivity contribution is 5.78. The number of carbonyl (C=O) groups excluding carboxylic acids is 1. The number of methoxy groups -OCH3 is 1. The number of hydrogen-bond donors (Lipinski definition) is 2. The molecule has 0 bridgehead atoms. The summed E-state index contributed by atoms with van der Waals surface area (Å²) in [5.41, 5.74) is -1.41. The predicted molar refractivity (Wildman–Crippen MR) is 67.3 cm³/mol. The molecule has 0 aromatic heterocycles. The number of carbonyl (C=O) groups is 1. The third-order valence-electron chi connectivity index (χ3n) is 3.84. The summed E-state index contributed by atoms with van der Waals surface area (Å²) in [5, 5.41) is 13.3. The maximum atomic E-state index is 11.4. The molecule has 0 amide bonds. The average Bonchev–Trinajstić information content (AvgIpc) is 2.28. The normalized spacial score (nSPS) is 26.4. The van der Waals surface area contributed by atoms with Crippen LogP contribution in [0.3, 0.4) is 0 Å². The van der Waals surface area contributed by atoms with Gasteiger partial charge in [0.15, 0.2) is 5.60 Å². The quantitative estimate of drug-likeness (QED) is 0.598. The number of esters is 1. The molecule has 2 heterocycles. The monoisotopic (exact) mass is 257 g/mol. The van der Waals surface area contributed by atoms with Crippen molar-refractivity contribution in [3.8, 4) is 0 Å². The van der Waals surface area contributed by atoms with Crippen LogP contribution < -0.4 is 5.32 Å². The van der Waals surface area contributed by atoms with Crippen molar-refractivity contribution in [1.82, 2.24) is 15.1 Å². The zero-order chi connectivity index (χ0) is 13.2. The second-order valence-corrected chi connectivity index (χ2v) is 5.39. The first-order valence-corrected chi connectivity index (χ1v) is 6.51. The Morgan fingerprint density at radius 3 is 2.44 bits per heavy atom. The largest absolute Gasteiger partial charge is 0.467 e. The molecule has 0 aliphatic carbocycles. The molecule has 1 atom stereocenters. The number of nitrogens with zero attached hydrogens (tertiary/aromatic N) is 2. The molecule has 0 aromatic carbocycles. The lowest BCUT2D eigenvalue weighted by Gasteiger charge is -2.44. The van der Waals surface area contributed by atoms with Crippen LogP contribution in [0, 0.1) is 0 Å². The summed E-state index contributed by atoms with van der Waals surface area (Å²) in [6.45, 7) is 7.82. The third-order valence-corrected chi connectivity index (χ3v) is 3.84. The lowest BCUT2D eigenvalue weighted by molar-refractivity contribution is -0.162. The lowest BCUT2D eigenvalue weighted by Crippen LogP contribution is -2.62. The Morgan fingerprint density at radius 2 is 2.00 bits per heavy atom. The van der Waals surface area contributed by atoms with E-state index in [2.05, 4.69) is 19.9 Å². The van der Waals surface area contributed by atoms with Gasteiger partial charge in [0.25, 0.3) is 0 Å². The highest BCUT2D eigenvalue weighted by atomic mass is 16.5. The standard InChI is InChI=1S/C12H23N3O3/c1-12(17,11(16)18-2)9-14-3-5-15(6-4-14)10-7-13-8-10/h10,13,17H,3-9H2,1-2H3. The Labute approximate surface area is 108 Å². The first-order valence-electron chi connectivity index (χ1n) is 6.51. The van der Waals surface area contributed by atoms with Gasteiger partial charge in [0.1, 0.15) is 0 Å². The number of hydrogen-bond acceptors (Lipinski definition) is 6. The van der Waals surface area contributed by atoms with E-state index in [1.54, 1.807) is 0 Å². The van der Waals surface area contributed by atoms with Crippen LogP contribution in [-0.4, -0.2) is 85.4 Å². The fourth-order valence-electron chi connectivity index (χ4n) is 2.54. The second kappa shape index (κ2) is 5.52. The highest BCUT2D eigenvalue weighted by Gasteiger charge is 2.35. The molecule has 2 aliphatic rings. The molecule has 104 valence electrons. The van der Waals surface area contributed by atoms with Crippen LogP contribution in [0.25, 0.3) is 0 Å². The molecule has 0 aromatic rings. The van der Waals surface area contributed by atoms with E-state index in [1.807, 2.05) is 0 Å². The van der Waals surface area contributed by atoms with E-state index in [1.165, 1.54) is 14.0 Å². The Hall–Kier alpha value is -0.690. The summed E-state index contributed by atoms with van der Waals surface area (Å²) in [5.74, 6) is -0.562. The summed E-state index contributed by atoms with van der Waals surface area (Å²) in [7, 11) is 1.30. The van der Waals surface area contributed by atoms with Crippen LogP contribution in [0.15, 0.2) is 0 Å². The topological polar surface area (TPSA) is 65.0 Å². The lowest BCUT2D eigenvalue weighted by atomic mass is 10.1. The summed E-state index contributed by atoms with van der Waals surface area (Å²) in [6.07, 6.45) is 0. The Bertz CT molecular complexity index is 297. The minimum Gasteiger partial charge on any atom is -0.467 e. The molecule has 2 fully saturated rings. The summed E-state index contributed by atoms with van der Waals surface area (Å²) in [6, 6.07) is 0.674. The molecular weight excluding hydrogens is 234 g/mol. The first-order chi connectivity index (χ1) is 8.53. The maximum Gasteiger partial charge on any atom is 0.338 e. The number of aliphatic hydroxyl groups is 1. The number of ether oxygens (including phenoxy) is 1. The predicted octanol–water partition coefficient (Wildman–Crippen LogP) is -1.50. The number of rotatable bonds is 4. The van der Waals surface area contributed by atoms with Crippen LogP contribution >= 0.6 is 0 Å². The Morgan fingerprint density at radius 1 is 1.39 bits per heavy atom. The number of nitrogens with one attached hydrogen (secondary N) is 1. The Kier molecular flexibility index (Phi) is 4.21. The van der Waals surface area contributed by atoms with Gasteiger partial charge in [-0.15, -0.1) is 0 Å². The molecule has 6 heteroatoms. The van der Waals surface area contributed by atoms with Crippen molar-refractivity contribution < 1.29 is 14.6 Å². The van der Waals surface area contributed by atoms with Crippen LogP contribution in [0.4, 0.5) is 0 Å². The van der Waals surface area contributed by atoms with Crippen molar-refractivity contribution in [2.75, 3.05) is 52.9 Å². The number of piperazine rings is 1. The molecule has 2 N–H and O–H groups in total. The van der Waals surface area contributed by atoms with E-state index in [0.717, 1.165) is 39.3 Å². The van der Waals surface area contributed by atoms with Crippen molar-refractivity contribution in [2.24, 2.45) is 0 Å². The molecule has 18 heavy (non-hydrogen) atoms. The zero-order valence-electron chi connectivity index (χ0n) is 11.2. The van der Waals surface area contributed by atoms with Crippen molar-refractivity contribution in [3.63, 3.8) is 0 Å². The van der Waals surface area contributed by atoms with E-state index >= 15 is 0 Å². The van der Waals surface area contributed by atoms with Crippen molar-refractivity contribution in [1.29, 1.82) is 0 Å². The minimum absolute atomic E-state index is 0.344. The van der Waals surface area contributed by atoms with E-state index in [9.17, 15) is 9.90 Å². The minimum atomic E-state index is -1.41. The number of β-amino-alcohol motifs (C(OH)–C–C–N with tert-alkyl or cyclic N) is 1. The fraction of sp³-hybridized carbons (Fsp3) is 0.917. The molecule has 2 aliphatic heterocycles. The van der Waals surface area contributed by atoms with E-state index in [-0.39, 0.29) is 0 Å². The van der Waals surface area contributed by atoms with Gasteiger partial charge < -0.3 is 15.2 Å². The molecule has 0 spiro atoms. The SMILES string of the molecule is COC(=O)C(C)(O)CN1CCN(C2CNC2)CC1. The smallest absolute Gasteiger partial charge is 0.338 e. The van der Waals surface area contributed by atoms with Gasteiger partial charge in [-0.25, -0.2) is 4.79 Å². The first kappa shape index (κ1) is 13.7. The molecule has 0 saturated carbocycles. The van der Waals surface area contributed by atoms with Gasteiger partial charge in [0.2, 0.25) is 0 Å². The summed E-state index contributed by atoms with van der Waals surface area (Å²) in [4.78, 5) is 16.0. The van der Waals surface area contributed by atoms with Crippen LogP contribution in [0.5, 0.6) is 0 Å². The van der Waals surface area contributed by atoms with Crippen LogP contribution in [-0.2, 0) is 9.53 Å². The molecule has 2 rings (SSSR count). The molecule has 6 nitrogen and oxygen atoms in total. The van der Waals surface area contributed by atoms with E-state index in [0.29, 0.717) is 12.6 Å². The molecule has 2 saturated heterocycles. The summed E-state index contributed by atoms with van der Waals surface area (Å²) >= 11 is 0. The van der Waals surface area contributed by atoms with Crippen molar-refractivity contribution >= 4 is 5.97 Å². The van der Waals surface area contributed by atoms with Crippen LogP contribution in [0.1, 0.15) is 6.92 Å². The van der Waals surface area contributed by atoms with E-state index in [4.69, 9.17) is 0 Å². The van der Waals surface area contributed by atoms with Gasteiger partial charge in [0.05, 0.1) is 7.11 Å². The molecule has 0 radical (unpaired) electrons. The maximum absolute atomic E-state index is 11.4. The molecule has 1 unspecified atom stereocenters. The Balaban J connectivity index is 1.77. The van der Waals surface area contributed by atoms with Crippen molar-refractivity contribution in [2.45, 2.75) is 18.6 Å². The third kappa shape index (κ3) is 3.00. The second-order valence-electron chi connectivity index (χ2n) is 5.39. The van der Waals surface area contributed by atoms with Gasteiger partial charge in [-0.05, 0) is 6.92 Å². The van der Waals surface area contributed by atoms with Gasteiger partial charge >= 0.3 is 5.97 Å². The van der Waals surface area contributed by atoms with E-state index < -0.39 is 11.6 Å². The average molecular weight is 257 g/mol. The van der Waals surface area contributed by atoms with Crippen LogP contribution in [0.2, 0.25) is 0 Å². The van der Waals surface area contributed by atoms with Crippen molar-refractivity contribution in [3.05, 3.63) is 0 Å². The molecular formula is C12H23N3O3. The van der Waals surface area contributed by atoms with Gasteiger partial charge in [-0.1, -0.05) is 0 Å². The van der Waals surface area contributed by atoms with Gasteiger partial charge in [-0.2, -0.15) is 0 Å². The van der Waals surface area contributed by atoms with Gasteiger partial charge in [-0.3, -0.25) is 9.80 Å². The zero-order valence-corrected chi connectivity index (χ0v) is 11.2. The van der Waals surface area contributed by atoms with Gasteiger partial charge in [0, 0.05) is 51.9 Å². The summed E-state index contributed by atoms with van der Waals surface area (Å²) < 4.78 is 4.61. The highest BCUT2D eigenvalue weighted by Crippen LogP contribution is 2.13.